The average Bonchev–Trinajstić information content (AvgIpc) is 3.24. The molecular formula is C17H13N5O. The summed E-state index contributed by atoms with van der Waals surface area (Å²) in [5.74, 6) is -0.233. The minimum absolute atomic E-state index is 0.233. The van der Waals surface area contributed by atoms with Gasteiger partial charge in [0.15, 0.2) is 0 Å². The van der Waals surface area contributed by atoms with Crippen molar-refractivity contribution < 1.29 is 4.79 Å². The Balaban J connectivity index is 1.56. The van der Waals surface area contributed by atoms with Crippen molar-refractivity contribution in [3.8, 4) is 11.3 Å². The minimum atomic E-state index is -0.233. The number of carbonyl (C=O) groups excluding carboxylic acids is 1. The number of pyridine rings is 1. The molecule has 112 valence electrons. The van der Waals surface area contributed by atoms with Crippen molar-refractivity contribution in [2.45, 2.75) is 0 Å². The van der Waals surface area contributed by atoms with Crippen LogP contribution in [0.25, 0.3) is 16.8 Å². The van der Waals surface area contributed by atoms with E-state index in [-0.39, 0.29) is 5.91 Å². The highest BCUT2D eigenvalue weighted by Crippen LogP contribution is 2.18. The Morgan fingerprint density at radius 2 is 1.96 bits per heavy atom. The minimum Gasteiger partial charge on any atom is -0.321 e. The number of rotatable bonds is 3. The van der Waals surface area contributed by atoms with E-state index in [2.05, 4.69) is 20.6 Å². The van der Waals surface area contributed by atoms with Crippen molar-refractivity contribution in [3.05, 3.63) is 72.7 Å². The molecule has 3 heterocycles. The van der Waals surface area contributed by atoms with Gasteiger partial charge in [0.25, 0.3) is 5.91 Å². The highest BCUT2D eigenvalue weighted by atomic mass is 16.1. The van der Waals surface area contributed by atoms with Gasteiger partial charge in [-0.3, -0.25) is 9.89 Å². The van der Waals surface area contributed by atoms with E-state index in [0.717, 1.165) is 16.8 Å². The molecular weight excluding hydrogens is 290 g/mol. The maximum absolute atomic E-state index is 12.3. The Morgan fingerprint density at radius 1 is 1.09 bits per heavy atom. The molecule has 0 bridgehead atoms. The Kier molecular flexibility index (Phi) is 3.12. The van der Waals surface area contributed by atoms with E-state index in [1.807, 2.05) is 42.5 Å². The highest BCUT2D eigenvalue weighted by Gasteiger charge is 2.11. The molecule has 6 nitrogen and oxygen atoms in total. The normalized spacial score (nSPS) is 10.8. The van der Waals surface area contributed by atoms with Crippen molar-refractivity contribution in [3.63, 3.8) is 0 Å². The first-order valence-corrected chi connectivity index (χ1v) is 7.15. The molecule has 0 aliphatic rings. The number of nitrogens with zero attached hydrogens (tertiary/aromatic N) is 3. The number of nitrogens with one attached hydrogen (secondary N) is 2. The third-order valence-electron chi connectivity index (χ3n) is 3.55. The summed E-state index contributed by atoms with van der Waals surface area (Å²) in [6.45, 7) is 0. The molecule has 1 amide bonds. The number of aromatic amines is 1. The van der Waals surface area contributed by atoms with Gasteiger partial charge in [0.05, 0.1) is 11.2 Å². The summed E-state index contributed by atoms with van der Waals surface area (Å²) in [6.07, 6.45) is 3.51. The lowest BCUT2D eigenvalue weighted by molar-refractivity contribution is 0.102. The zero-order valence-electron chi connectivity index (χ0n) is 12.1. The lowest BCUT2D eigenvalue weighted by Crippen LogP contribution is -2.12. The van der Waals surface area contributed by atoms with Crippen LogP contribution in [0.1, 0.15) is 10.5 Å². The molecule has 0 saturated heterocycles. The summed E-state index contributed by atoms with van der Waals surface area (Å²) in [5.41, 5.74) is 3.74. The average molecular weight is 303 g/mol. The van der Waals surface area contributed by atoms with Crippen molar-refractivity contribution in [2.75, 3.05) is 5.32 Å². The van der Waals surface area contributed by atoms with E-state index >= 15 is 0 Å². The number of hydrogen-bond acceptors (Lipinski definition) is 3. The summed E-state index contributed by atoms with van der Waals surface area (Å²) in [4.78, 5) is 12.3. The van der Waals surface area contributed by atoms with Crippen molar-refractivity contribution in [1.29, 1.82) is 0 Å². The van der Waals surface area contributed by atoms with E-state index in [4.69, 9.17) is 0 Å². The lowest BCUT2D eigenvalue weighted by atomic mass is 10.1. The predicted molar refractivity (Wildman–Crippen MR) is 87.2 cm³/mol. The quantitative estimate of drug-likeness (QED) is 0.611. The van der Waals surface area contributed by atoms with Crippen LogP contribution in [-0.2, 0) is 0 Å². The van der Waals surface area contributed by atoms with Crippen LogP contribution < -0.4 is 5.32 Å². The molecule has 0 atom stereocenters. The van der Waals surface area contributed by atoms with Gasteiger partial charge in [-0.1, -0.05) is 30.3 Å². The van der Waals surface area contributed by atoms with Crippen LogP contribution in [0.3, 0.4) is 0 Å². The molecule has 2 N–H and O–H groups in total. The zero-order chi connectivity index (χ0) is 15.6. The fourth-order valence-electron chi connectivity index (χ4n) is 2.39. The molecule has 0 aliphatic carbocycles. The third kappa shape index (κ3) is 2.57. The van der Waals surface area contributed by atoms with E-state index < -0.39 is 0 Å². The topological polar surface area (TPSA) is 75.1 Å². The van der Waals surface area contributed by atoms with Crippen LogP contribution in [0.2, 0.25) is 0 Å². The summed E-state index contributed by atoms with van der Waals surface area (Å²) in [6, 6.07) is 17.0. The van der Waals surface area contributed by atoms with Crippen LogP contribution in [0.15, 0.2) is 67.0 Å². The molecule has 0 saturated carbocycles. The first kappa shape index (κ1) is 13.3. The standard InChI is InChI=1S/C17H13N5O/c23-17(19-13-7-9-22-14(10-13)6-8-18-22)16-11-15(20-21-16)12-4-2-1-3-5-12/h1-11H,(H,19,23)(H,20,21). The van der Waals surface area contributed by atoms with E-state index in [1.165, 1.54) is 0 Å². The first-order valence-electron chi connectivity index (χ1n) is 7.15. The molecule has 0 aliphatic heterocycles. The second kappa shape index (κ2) is 5.42. The summed E-state index contributed by atoms with van der Waals surface area (Å²) in [5, 5.41) is 13.9. The highest BCUT2D eigenvalue weighted by molar-refractivity contribution is 6.03. The molecule has 3 aromatic heterocycles. The fraction of sp³-hybridized carbons (Fsp3) is 0. The Morgan fingerprint density at radius 3 is 2.83 bits per heavy atom. The summed E-state index contributed by atoms with van der Waals surface area (Å²) < 4.78 is 1.74. The predicted octanol–water partition coefficient (Wildman–Crippen LogP) is 2.98. The Labute approximate surface area is 131 Å². The SMILES string of the molecule is O=C(Nc1ccn2nccc2c1)c1cc(-c2ccccc2)n[nH]1. The fourth-order valence-corrected chi connectivity index (χ4v) is 2.39. The number of carbonyl (C=O) groups is 1. The molecule has 0 fully saturated rings. The first-order chi connectivity index (χ1) is 11.3. The maximum atomic E-state index is 12.3. The lowest BCUT2D eigenvalue weighted by Gasteiger charge is -2.03. The number of hydrogen-bond donors (Lipinski definition) is 2. The van der Waals surface area contributed by atoms with Gasteiger partial charge in [-0.05, 0) is 24.3 Å². The second-order valence-corrected chi connectivity index (χ2v) is 5.10. The molecule has 1 aromatic carbocycles. The van der Waals surface area contributed by atoms with Gasteiger partial charge >= 0.3 is 0 Å². The number of benzene rings is 1. The molecule has 0 spiro atoms. The number of amides is 1. The van der Waals surface area contributed by atoms with Crippen LogP contribution >= 0.6 is 0 Å². The Hall–Kier alpha value is -3.41. The van der Waals surface area contributed by atoms with Gasteiger partial charge in [0, 0.05) is 23.6 Å². The van der Waals surface area contributed by atoms with Gasteiger partial charge in [-0.25, -0.2) is 4.52 Å². The van der Waals surface area contributed by atoms with E-state index in [9.17, 15) is 4.79 Å². The summed E-state index contributed by atoms with van der Waals surface area (Å²) in [7, 11) is 0. The number of aromatic nitrogens is 4. The smallest absolute Gasteiger partial charge is 0.273 e. The maximum Gasteiger partial charge on any atom is 0.273 e. The van der Waals surface area contributed by atoms with Crippen molar-refractivity contribution in [2.24, 2.45) is 0 Å². The van der Waals surface area contributed by atoms with Crippen molar-refractivity contribution >= 4 is 17.1 Å². The zero-order valence-corrected chi connectivity index (χ0v) is 12.1. The largest absolute Gasteiger partial charge is 0.321 e. The van der Waals surface area contributed by atoms with Crippen LogP contribution in [0.4, 0.5) is 5.69 Å². The van der Waals surface area contributed by atoms with Gasteiger partial charge in [-0.2, -0.15) is 10.2 Å². The van der Waals surface area contributed by atoms with Crippen LogP contribution in [0.5, 0.6) is 0 Å². The molecule has 0 radical (unpaired) electrons. The van der Waals surface area contributed by atoms with Gasteiger partial charge < -0.3 is 5.32 Å². The number of anilines is 1. The second-order valence-electron chi connectivity index (χ2n) is 5.10. The van der Waals surface area contributed by atoms with Gasteiger partial charge in [0.2, 0.25) is 0 Å². The molecule has 0 unspecified atom stereocenters. The molecule has 4 rings (SSSR count). The van der Waals surface area contributed by atoms with E-state index in [0.29, 0.717) is 11.4 Å². The van der Waals surface area contributed by atoms with Gasteiger partial charge in [0.1, 0.15) is 5.69 Å². The monoisotopic (exact) mass is 303 g/mol. The Bertz CT molecular complexity index is 971. The molecule has 6 heteroatoms. The summed E-state index contributed by atoms with van der Waals surface area (Å²) >= 11 is 0. The van der Waals surface area contributed by atoms with Gasteiger partial charge in [-0.15, -0.1) is 0 Å². The van der Waals surface area contributed by atoms with Crippen LogP contribution in [-0.4, -0.2) is 25.7 Å². The molecule has 4 aromatic rings. The number of fused-ring (bicyclic) bond motifs is 1. The number of H-pyrrole nitrogens is 1. The van der Waals surface area contributed by atoms with Crippen molar-refractivity contribution in [1.82, 2.24) is 19.8 Å². The third-order valence-corrected chi connectivity index (χ3v) is 3.55. The molecule has 23 heavy (non-hydrogen) atoms. The van der Waals surface area contributed by atoms with E-state index in [1.54, 1.807) is 29.0 Å². The van der Waals surface area contributed by atoms with Crippen LogP contribution in [0, 0.1) is 0 Å².